The number of aromatic nitrogens is 2. The van der Waals surface area contributed by atoms with E-state index in [2.05, 4.69) is 57.6 Å². The van der Waals surface area contributed by atoms with Gasteiger partial charge in [-0.25, -0.2) is 11.0 Å². The van der Waals surface area contributed by atoms with Crippen LogP contribution in [0, 0.1) is 12.5 Å². The predicted octanol–water partition coefficient (Wildman–Crippen LogP) is 5.03. The highest BCUT2D eigenvalue weighted by Crippen LogP contribution is 2.58. The molecular weight excluding hydrogens is 555 g/mol. The number of benzene rings is 2. The van der Waals surface area contributed by atoms with Gasteiger partial charge in [0.05, 0.1) is 11.1 Å². The number of fused-ring (bicyclic) bond motifs is 5. The molecule has 0 N–H and O–H groups in total. The van der Waals surface area contributed by atoms with Gasteiger partial charge in [-0.15, -0.1) is 0 Å². The lowest BCUT2D eigenvalue weighted by molar-refractivity contribution is -0.128. The summed E-state index contributed by atoms with van der Waals surface area (Å²) in [4.78, 5) is 32.2. The molecule has 0 radical (unpaired) electrons. The monoisotopic (exact) mass is 592 g/mol. The Morgan fingerprint density at radius 2 is 2.11 bits per heavy atom. The first-order valence-electron chi connectivity index (χ1n) is 15.9. The van der Waals surface area contributed by atoms with Crippen molar-refractivity contribution in [2.45, 2.75) is 55.8 Å². The molecule has 0 bridgehead atoms. The molecule has 5 atom stereocenters. The first-order chi connectivity index (χ1) is 21.5. The Morgan fingerprint density at radius 1 is 1.20 bits per heavy atom. The van der Waals surface area contributed by atoms with E-state index in [1.165, 1.54) is 35.6 Å². The summed E-state index contributed by atoms with van der Waals surface area (Å²) in [5.41, 5.74) is 5.88. The third-order valence-electron chi connectivity index (χ3n) is 10.7. The zero-order valence-electron chi connectivity index (χ0n) is 24.9. The third kappa shape index (κ3) is 4.54. The van der Waals surface area contributed by atoms with E-state index in [0.29, 0.717) is 51.1 Å². The zero-order chi connectivity index (χ0) is 30.0. The van der Waals surface area contributed by atoms with Gasteiger partial charge in [-0.2, -0.15) is 9.97 Å². The van der Waals surface area contributed by atoms with Crippen LogP contribution in [-0.2, 0) is 11.2 Å². The average Bonchev–Trinajstić information content (AvgIpc) is 3.36. The molecule has 4 heterocycles. The summed E-state index contributed by atoms with van der Waals surface area (Å²) < 4.78 is 20.9. The molecule has 5 aliphatic rings. The number of halogens is 1. The zero-order valence-corrected chi connectivity index (χ0v) is 24.9. The number of hydrogen-bond acceptors (Lipinski definition) is 6. The van der Waals surface area contributed by atoms with Crippen molar-refractivity contribution in [3.63, 3.8) is 0 Å². The van der Waals surface area contributed by atoms with Crippen LogP contribution in [0.15, 0.2) is 49.1 Å². The van der Waals surface area contributed by atoms with Gasteiger partial charge in [0.15, 0.2) is 0 Å². The maximum Gasteiger partial charge on any atom is 0.319 e. The first kappa shape index (κ1) is 27.5. The minimum Gasteiger partial charge on any atom is -0.461 e. The molecule has 3 unspecified atom stereocenters. The van der Waals surface area contributed by atoms with Crippen LogP contribution < -0.4 is 9.64 Å². The van der Waals surface area contributed by atoms with Crippen LogP contribution >= 0.6 is 0 Å². The molecule has 1 aromatic heterocycles. The molecule has 8 nitrogen and oxygen atoms in total. The Bertz CT molecular complexity index is 1700. The molecule has 4 fully saturated rings. The molecule has 1 amide bonds. The number of alkyl halides is 1. The van der Waals surface area contributed by atoms with Crippen LogP contribution in [0.1, 0.15) is 42.7 Å². The van der Waals surface area contributed by atoms with Gasteiger partial charge < -0.3 is 19.4 Å². The first-order valence-corrected chi connectivity index (χ1v) is 15.9. The van der Waals surface area contributed by atoms with E-state index in [0.717, 1.165) is 47.6 Å². The molecule has 3 saturated heterocycles. The van der Waals surface area contributed by atoms with Crippen molar-refractivity contribution in [3.8, 4) is 17.1 Å². The number of hydrogen-bond donors (Lipinski definition) is 0. The predicted molar refractivity (Wildman–Crippen MR) is 167 cm³/mol. The summed E-state index contributed by atoms with van der Waals surface area (Å²) in [6.07, 6.45) is 5.39. The number of amides is 1. The number of anilines is 1. The fourth-order valence-electron chi connectivity index (χ4n) is 8.52. The normalized spacial score (nSPS) is 28.8. The van der Waals surface area contributed by atoms with E-state index in [4.69, 9.17) is 21.3 Å². The van der Waals surface area contributed by atoms with E-state index in [-0.39, 0.29) is 24.0 Å². The van der Waals surface area contributed by atoms with Gasteiger partial charge in [-0.05, 0) is 84.5 Å². The molecule has 8 rings (SSSR count). The van der Waals surface area contributed by atoms with Gasteiger partial charge in [0.1, 0.15) is 24.6 Å². The van der Waals surface area contributed by atoms with Crippen molar-refractivity contribution in [1.82, 2.24) is 19.8 Å². The summed E-state index contributed by atoms with van der Waals surface area (Å²) in [7, 11) is 0. The molecule has 2 aromatic carbocycles. The van der Waals surface area contributed by atoms with Crippen molar-refractivity contribution in [2.75, 3.05) is 50.8 Å². The Hall–Kier alpha value is -4.03. The van der Waals surface area contributed by atoms with E-state index in [1.807, 2.05) is 0 Å². The van der Waals surface area contributed by atoms with Crippen LogP contribution in [0.25, 0.3) is 26.9 Å². The summed E-state index contributed by atoms with van der Waals surface area (Å²) in [6, 6.07) is 13.1. The van der Waals surface area contributed by atoms with E-state index in [1.54, 1.807) is 4.90 Å². The van der Waals surface area contributed by atoms with Crippen LogP contribution in [0.2, 0.25) is 0 Å². The minimum absolute atomic E-state index is 0.157. The van der Waals surface area contributed by atoms with Crippen molar-refractivity contribution < 1.29 is 13.9 Å². The maximum absolute atomic E-state index is 14.5. The molecular formula is C35H37FN6O2. The highest BCUT2D eigenvalue weighted by molar-refractivity contribution is 5.94. The lowest BCUT2D eigenvalue weighted by Gasteiger charge is -2.39. The van der Waals surface area contributed by atoms with E-state index >= 15 is 0 Å². The fraction of sp³-hybridized carbons (Fsp3) is 0.486. The number of piperazine rings is 1. The van der Waals surface area contributed by atoms with Gasteiger partial charge in [-0.3, -0.25) is 9.69 Å². The van der Waals surface area contributed by atoms with Crippen molar-refractivity contribution >= 4 is 22.6 Å². The minimum atomic E-state index is -0.831. The molecule has 44 heavy (non-hydrogen) atoms. The van der Waals surface area contributed by atoms with Crippen LogP contribution in [-0.4, -0.2) is 89.3 Å². The Morgan fingerprint density at radius 3 is 2.98 bits per heavy atom. The van der Waals surface area contributed by atoms with Crippen molar-refractivity contribution in [2.24, 2.45) is 5.92 Å². The summed E-state index contributed by atoms with van der Waals surface area (Å²) >= 11 is 0. The SMILES string of the molecule is [C-]#[N+]C[C@H]1CN(c2nc(OCC34CCCN3C[C@H](F)C4)nc3cc(-c4cccc5c4C4CC4C5)ccc23)CCN1C(=O)C=C. The Balaban J connectivity index is 1.17. The summed E-state index contributed by atoms with van der Waals surface area (Å²) in [6.45, 7) is 14.6. The van der Waals surface area contributed by atoms with Gasteiger partial charge >= 0.3 is 6.01 Å². The number of rotatable bonds is 7. The molecule has 2 aliphatic carbocycles. The molecule has 1 saturated carbocycles. The van der Waals surface area contributed by atoms with Crippen LogP contribution in [0.3, 0.4) is 0 Å². The average molecular weight is 593 g/mol. The summed E-state index contributed by atoms with van der Waals surface area (Å²) in [5.74, 6) is 2.05. The highest BCUT2D eigenvalue weighted by atomic mass is 19.1. The van der Waals surface area contributed by atoms with Gasteiger partial charge in [0.25, 0.3) is 0 Å². The van der Waals surface area contributed by atoms with Gasteiger partial charge in [0, 0.05) is 38.0 Å². The second-order valence-corrected chi connectivity index (χ2v) is 13.3. The van der Waals surface area contributed by atoms with Crippen LogP contribution in [0.4, 0.5) is 10.2 Å². The van der Waals surface area contributed by atoms with Crippen molar-refractivity contribution in [1.29, 1.82) is 0 Å². The standard InChI is InChI=1S/C35H37FN6O2/c1-3-31(43)42-13-12-40(20-26(42)18-37-2)33-28-9-8-22(27-7-4-6-23-14-24-15-29(24)32(23)27)16-30(28)38-34(39-33)44-21-35-10-5-11-41(35)19-25(36)17-35/h3-4,6-9,16,24-26,29H,1,5,10-15,17-21H2/t24?,25-,26+,29?,35?/m1/s1. The van der Waals surface area contributed by atoms with E-state index < -0.39 is 6.17 Å². The van der Waals surface area contributed by atoms with E-state index in [9.17, 15) is 9.18 Å². The molecule has 9 heteroatoms. The maximum atomic E-state index is 14.5. The number of carbonyl (C=O) groups is 1. The molecule has 226 valence electrons. The smallest absolute Gasteiger partial charge is 0.319 e. The Kier molecular flexibility index (Phi) is 6.60. The molecule has 3 aliphatic heterocycles. The quantitative estimate of drug-likeness (QED) is 0.283. The lowest BCUT2D eigenvalue weighted by atomic mass is 9.94. The number of ether oxygens (including phenoxy) is 1. The second-order valence-electron chi connectivity index (χ2n) is 13.3. The summed E-state index contributed by atoms with van der Waals surface area (Å²) in [5, 5.41) is 0.911. The topological polar surface area (TPSA) is 66.2 Å². The Labute approximate surface area is 257 Å². The van der Waals surface area contributed by atoms with Crippen molar-refractivity contribution in [3.05, 3.63) is 71.6 Å². The molecule has 3 aromatic rings. The highest BCUT2D eigenvalue weighted by Gasteiger charge is 2.49. The largest absolute Gasteiger partial charge is 0.461 e. The number of carbonyl (C=O) groups excluding carboxylic acids is 1. The lowest BCUT2D eigenvalue weighted by Crippen LogP contribution is -2.56. The molecule has 0 spiro atoms. The van der Waals surface area contributed by atoms with Crippen LogP contribution in [0.5, 0.6) is 6.01 Å². The number of nitrogens with zero attached hydrogens (tertiary/aromatic N) is 6. The fourth-order valence-corrected chi connectivity index (χ4v) is 8.52. The second kappa shape index (κ2) is 10.6. The van der Waals surface area contributed by atoms with Gasteiger partial charge in [-0.1, -0.05) is 30.8 Å². The van der Waals surface area contributed by atoms with Gasteiger partial charge in [0.2, 0.25) is 12.5 Å². The third-order valence-corrected chi connectivity index (χ3v) is 10.7.